The van der Waals surface area contributed by atoms with Crippen LogP contribution in [-0.4, -0.2) is 9.55 Å². The number of hydrogen-bond donors (Lipinski definition) is 0. The number of aromatic nitrogens is 2. The van der Waals surface area contributed by atoms with Gasteiger partial charge in [-0.2, -0.15) is 0 Å². The van der Waals surface area contributed by atoms with Crippen molar-refractivity contribution in [2.75, 3.05) is 0 Å². The molecule has 0 aliphatic heterocycles. The van der Waals surface area contributed by atoms with Crippen molar-refractivity contribution in [2.24, 2.45) is 5.92 Å². The standard InChI is InChI=1S/C15H18Cl2N2/c1-3-12(2)15(17,10-19-9-8-18-11-19)13-4-6-14(16)7-5-13/h4-9,11-12H,3,10H2,1-2H3. The highest BCUT2D eigenvalue weighted by Crippen LogP contribution is 2.40. The molecule has 2 unspecified atom stereocenters. The second-order valence-electron chi connectivity index (χ2n) is 4.91. The van der Waals surface area contributed by atoms with Gasteiger partial charge >= 0.3 is 0 Å². The van der Waals surface area contributed by atoms with Gasteiger partial charge in [0, 0.05) is 24.0 Å². The summed E-state index contributed by atoms with van der Waals surface area (Å²) in [6, 6.07) is 7.81. The molecule has 0 aliphatic carbocycles. The lowest BCUT2D eigenvalue weighted by Gasteiger charge is -2.33. The minimum Gasteiger partial charge on any atom is -0.335 e. The van der Waals surface area contributed by atoms with Crippen LogP contribution in [0.25, 0.3) is 0 Å². The van der Waals surface area contributed by atoms with E-state index in [-0.39, 0.29) is 0 Å². The first-order valence-electron chi connectivity index (χ1n) is 6.47. The van der Waals surface area contributed by atoms with Gasteiger partial charge in [0.15, 0.2) is 0 Å². The molecule has 0 saturated carbocycles. The second-order valence-corrected chi connectivity index (χ2v) is 6.02. The number of nitrogens with zero attached hydrogens (tertiary/aromatic N) is 2. The molecule has 2 nitrogen and oxygen atoms in total. The van der Waals surface area contributed by atoms with Crippen molar-refractivity contribution in [3.05, 3.63) is 53.6 Å². The van der Waals surface area contributed by atoms with Gasteiger partial charge in [-0.3, -0.25) is 0 Å². The van der Waals surface area contributed by atoms with Gasteiger partial charge in [0.05, 0.1) is 11.2 Å². The summed E-state index contributed by atoms with van der Waals surface area (Å²) < 4.78 is 2.02. The third-order valence-corrected chi connectivity index (χ3v) is 4.65. The lowest BCUT2D eigenvalue weighted by Crippen LogP contribution is -2.32. The van der Waals surface area contributed by atoms with E-state index in [9.17, 15) is 0 Å². The summed E-state index contributed by atoms with van der Waals surface area (Å²) in [4.78, 5) is 3.64. The molecular formula is C15H18Cl2N2. The zero-order valence-electron chi connectivity index (χ0n) is 11.2. The van der Waals surface area contributed by atoms with Crippen LogP contribution in [0.4, 0.5) is 0 Å². The minimum absolute atomic E-state index is 0.345. The van der Waals surface area contributed by atoms with Crippen molar-refractivity contribution in [3.63, 3.8) is 0 Å². The maximum atomic E-state index is 6.97. The summed E-state index contributed by atoms with van der Waals surface area (Å²) >= 11 is 12.9. The molecule has 2 aromatic rings. The van der Waals surface area contributed by atoms with Gasteiger partial charge in [-0.05, 0) is 23.6 Å². The highest BCUT2D eigenvalue weighted by atomic mass is 35.5. The fourth-order valence-electron chi connectivity index (χ4n) is 2.23. The Labute approximate surface area is 124 Å². The Morgan fingerprint density at radius 2 is 2.00 bits per heavy atom. The third-order valence-electron chi connectivity index (χ3n) is 3.69. The fraction of sp³-hybridized carbons (Fsp3) is 0.400. The topological polar surface area (TPSA) is 17.8 Å². The first-order valence-corrected chi connectivity index (χ1v) is 7.22. The summed E-state index contributed by atoms with van der Waals surface area (Å²) in [5.41, 5.74) is 1.10. The summed E-state index contributed by atoms with van der Waals surface area (Å²) in [6.07, 6.45) is 6.53. The zero-order valence-corrected chi connectivity index (χ0v) is 12.7. The molecular weight excluding hydrogens is 279 g/mol. The van der Waals surface area contributed by atoms with Crippen LogP contribution in [0.1, 0.15) is 25.8 Å². The number of hydrogen-bond acceptors (Lipinski definition) is 1. The lowest BCUT2D eigenvalue weighted by atomic mass is 9.84. The zero-order chi connectivity index (χ0) is 13.9. The molecule has 1 aromatic heterocycles. The van der Waals surface area contributed by atoms with Crippen LogP contribution in [0, 0.1) is 5.92 Å². The van der Waals surface area contributed by atoms with Gasteiger partial charge in [-0.25, -0.2) is 4.98 Å². The summed E-state index contributed by atoms with van der Waals surface area (Å²) in [5.74, 6) is 0.345. The van der Waals surface area contributed by atoms with E-state index in [0.29, 0.717) is 12.5 Å². The molecule has 0 fully saturated rings. The van der Waals surface area contributed by atoms with Crippen LogP contribution in [0.2, 0.25) is 5.02 Å². The Morgan fingerprint density at radius 1 is 1.32 bits per heavy atom. The van der Waals surface area contributed by atoms with Gasteiger partial charge < -0.3 is 4.57 Å². The van der Waals surface area contributed by atoms with E-state index in [2.05, 4.69) is 18.8 Å². The van der Waals surface area contributed by atoms with Crippen LogP contribution < -0.4 is 0 Å². The maximum absolute atomic E-state index is 6.97. The van der Waals surface area contributed by atoms with E-state index in [1.54, 1.807) is 12.5 Å². The molecule has 4 heteroatoms. The molecule has 0 amide bonds. The molecule has 0 spiro atoms. The molecule has 2 atom stereocenters. The Bertz CT molecular complexity index is 507. The number of benzene rings is 1. The summed E-state index contributed by atoms with van der Waals surface area (Å²) in [5, 5.41) is 0.731. The molecule has 1 aromatic carbocycles. The molecule has 0 bridgehead atoms. The van der Waals surface area contributed by atoms with Gasteiger partial charge in [0.25, 0.3) is 0 Å². The summed E-state index contributed by atoms with van der Waals surface area (Å²) in [6.45, 7) is 5.04. The predicted octanol–water partition coefficient (Wildman–Crippen LogP) is 4.72. The Morgan fingerprint density at radius 3 is 2.53 bits per heavy atom. The van der Waals surface area contributed by atoms with E-state index in [1.807, 2.05) is 35.0 Å². The lowest BCUT2D eigenvalue weighted by molar-refractivity contribution is 0.347. The van der Waals surface area contributed by atoms with Crippen LogP contribution in [0.5, 0.6) is 0 Å². The van der Waals surface area contributed by atoms with E-state index < -0.39 is 4.87 Å². The number of rotatable bonds is 5. The quantitative estimate of drug-likeness (QED) is 0.730. The second kappa shape index (κ2) is 5.98. The average molecular weight is 297 g/mol. The van der Waals surface area contributed by atoms with Gasteiger partial charge in [0.2, 0.25) is 0 Å². The largest absolute Gasteiger partial charge is 0.335 e. The number of imidazole rings is 1. The van der Waals surface area contributed by atoms with E-state index in [4.69, 9.17) is 23.2 Å². The fourth-order valence-corrected chi connectivity index (χ4v) is 2.77. The van der Waals surface area contributed by atoms with Crippen LogP contribution in [0.15, 0.2) is 43.0 Å². The first kappa shape index (κ1) is 14.4. The molecule has 1 heterocycles. The van der Waals surface area contributed by atoms with Crippen molar-refractivity contribution in [3.8, 4) is 0 Å². The first-order chi connectivity index (χ1) is 9.06. The van der Waals surface area contributed by atoms with E-state index >= 15 is 0 Å². The van der Waals surface area contributed by atoms with E-state index in [1.165, 1.54) is 0 Å². The van der Waals surface area contributed by atoms with Crippen molar-refractivity contribution >= 4 is 23.2 Å². The highest BCUT2D eigenvalue weighted by Gasteiger charge is 2.35. The normalized spacial score (nSPS) is 16.0. The minimum atomic E-state index is -0.444. The van der Waals surface area contributed by atoms with Gasteiger partial charge in [-0.1, -0.05) is 44.0 Å². The average Bonchev–Trinajstić information content (AvgIpc) is 2.91. The number of halogens is 2. The summed E-state index contributed by atoms with van der Waals surface area (Å²) in [7, 11) is 0. The maximum Gasteiger partial charge on any atom is 0.0946 e. The number of alkyl halides is 1. The monoisotopic (exact) mass is 296 g/mol. The van der Waals surface area contributed by atoms with Crippen LogP contribution in [-0.2, 0) is 11.4 Å². The third kappa shape index (κ3) is 3.13. The van der Waals surface area contributed by atoms with Gasteiger partial charge in [-0.15, -0.1) is 11.6 Å². The molecule has 0 N–H and O–H groups in total. The molecule has 19 heavy (non-hydrogen) atoms. The van der Waals surface area contributed by atoms with Gasteiger partial charge in [0.1, 0.15) is 0 Å². The van der Waals surface area contributed by atoms with E-state index in [0.717, 1.165) is 17.0 Å². The van der Waals surface area contributed by atoms with Crippen LogP contribution in [0.3, 0.4) is 0 Å². The van der Waals surface area contributed by atoms with Crippen LogP contribution >= 0.6 is 23.2 Å². The molecule has 0 aliphatic rings. The molecule has 2 rings (SSSR count). The Hall–Kier alpha value is -0.990. The SMILES string of the molecule is CCC(C)C(Cl)(Cn1ccnc1)c1ccc(Cl)cc1. The molecule has 102 valence electrons. The Balaban J connectivity index is 2.36. The predicted molar refractivity (Wildman–Crippen MR) is 80.7 cm³/mol. The Kier molecular flexibility index (Phi) is 4.54. The van der Waals surface area contributed by atoms with Crippen molar-refractivity contribution in [2.45, 2.75) is 31.7 Å². The molecule has 0 saturated heterocycles. The molecule has 0 radical (unpaired) electrons. The van der Waals surface area contributed by atoms with Crippen molar-refractivity contribution in [1.82, 2.24) is 9.55 Å². The van der Waals surface area contributed by atoms with Crippen molar-refractivity contribution in [1.29, 1.82) is 0 Å². The smallest absolute Gasteiger partial charge is 0.0946 e. The van der Waals surface area contributed by atoms with Crippen molar-refractivity contribution < 1.29 is 0 Å². The highest BCUT2D eigenvalue weighted by molar-refractivity contribution is 6.30.